The zero-order chi connectivity index (χ0) is 15.7. The van der Waals surface area contributed by atoms with Gasteiger partial charge in [-0.15, -0.1) is 0 Å². The summed E-state index contributed by atoms with van der Waals surface area (Å²) >= 11 is 0. The molecule has 0 atom stereocenters. The Kier molecular flexibility index (Phi) is 3.60. The number of carbonyl (C=O) groups is 1. The Bertz CT molecular complexity index is 736. The highest BCUT2D eigenvalue weighted by atomic mass is 16.6. The number of rotatable bonds is 4. The first-order valence-corrected chi connectivity index (χ1v) is 6.82. The predicted octanol–water partition coefficient (Wildman–Crippen LogP) is 1.19. The first-order valence-electron chi connectivity index (χ1n) is 6.82. The van der Waals surface area contributed by atoms with Crippen molar-refractivity contribution in [2.45, 2.75) is 19.5 Å². The molecule has 0 aliphatic carbocycles. The quantitative estimate of drug-likeness (QED) is 0.648. The zero-order valence-corrected chi connectivity index (χ0v) is 11.7. The summed E-state index contributed by atoms with van der Waals surface area (Å²) in [6.07, 6.45) is 0.711. The number of nitro benzene ring substituents is 1. The lowest BCUT2D eigenvalue weighted by Gasteiger charge is -2.15. The van der Waals surface area contributed by atoms with Crippen molar-refractivity contribution in [1.82, 2.24) is 15.1 Å². The minimum atomic E-state index is -0.945. The highest BCUT2D eigenvalue weighted by molar-refractivity contribution is 5.69. The number of hydrogen-bond acceptors (Lipinski definition) is 5. The topological polar surface area (TPSA) is 110 Å². The van der Waals surface area contributed by atoms with Gasteiger partial charge in [-0.25, -0.2) is 0 Å². The molecule has 22 heavy (non-hydrogen) atoms. The Labute approximate surface area is 125 Å². The molecule has 1 aliphatic rings. The van der Waals surface area contributed by atoms with Gasteiger partial charge in [0, 0.05) is 48.5 Å². The Morgan fingerprint density at radius 3 is 2.77 bits per heavy atom. The van der Waals surface area contributed by atoms with Gasteiger partial charge in [-0.2, -0.15) is 5.10 Å². The van der Waals surface area contributed by atoms with Crippen molar-refractivity contribution in [3.05, 3.63) is 45.6 Å². The Morgan fingerprint density at radius 2 is 2.14 bits per heavy atom. The van der Waals surface area contributed by atoms with Crippen LogP contribution >= 0.6 is 0 Å². The first kappa shape index (κ1) is 14.2. The SMILES string of the molecule is O=C(O)Cn1nc(-c2ccc([N+](=O)[O-])cc2)c2c1CCNC2. The van der Waals surface area contributed by atoms with Gasteiger partial charge in [-0.3, -0.25) is 19.6 Å². The van der Waals surface area contributed by atoms with E-state index in [0.29, 0.717) is 18.7 Å². The van der Waals surface area contributed by atoms with E-state index in [1.54, 1.807) is 12.1 Å². The zero-order valence-electron chi connectivity index (χ0n) is 11.7. The predicted molar refractivity (Wildman–Crippen MR) is 77.4 cm³/mol. The molecule has 0 amide bonds. The first-order chi connectivity index (χ1) is 10.6. The van der Waals surface area contributed by atoms with Crippen molar-refractivity contribution in [2.24, 2.45) is 0 Å². The molecule has 3 rings (SSSR count). The largest absolute Gasteiger partial charge is 0.480 e. The Morgan fingerprint density at radius 1 is 1.41 bits per heavy atom. The Balaban J connectivity index is 2.04. The van der Waals surface area contributed by atoms with E-state index < -0.39 is 10.9 Å². The van der Waals surface area contributed by atoms with Crippen LogP contribution in [0.3, 0.4) is 0 Å². The monoisotopic (exact) mass is 302 g/mol. The maximum absolute atomic E-state index is 11.0. The van der Waals surface area contributed by atoms with E-state index in [-0.39, 0.29) is 12.2 Å². The molecule has 1 aromatic carbocycles. The van der Waals surface area contributed by atoms with Gasteiger partial charge in [0.15, 0.2) is 0 Å². The number of nitro groups is 1. The van der Waals surface area contributed by atoms with E-state index in [2.05, 4.69) is 10.4 Å². The third-order valence-electron chi connectivity index (χ3n) is 3.64. The van der Waals surface area contributed by atoms with E-state index in [1.165, 1.54) is 16.8 Å². The van der Waals surface area contributed by atoms with Crippen LogP contribution in [0.5, 0.6) is 0 Å². The molecule has 2 aromatic rings. The van der Waals surface area contributed by atoms with E-state index in [4.69, 9.17) is 5.11 Å². The summed E-state index contributed by atoms with van der Waals surface area (Å²) in [5.41, 5.74) is 3.31. The fourth-order valence-electron chi connectivity index (χ4n) is 2.65. The molecular formula is C14H14N4O4. The normalized spacial score (nSPS) is 13.6. The summed E-state index contributed by atoms with van der Waals surface area (Å²) in [5.74, 6) is -0.945. The molecule has 2 N–H and O–H groups in total. The van der Waals surface area contributed by atoms with Gasteiger partial charge >= 0.3 is 5.97 Å². The third-order valence-corrected chi connectivity index (χ3v) is 3.64. The van der Waals surface area contributed by atoms with Crippen molar-refractivity contribution in [3.63, 3.8) is 0 Å². The number of non-ortho nitro benzene ring substituents is 1. The van der Waals surface area contributed by atoms with Crippen LogP contribution in [0.4, 0.5) is 5.69 Å². The summed E-state index contributed by atoms with van der Waals surface area (Å²) in [6.45, 7) is 1.20. The molecule has 1 aliphatic heterocycles. The van der Waals surface area contributed by atoms with Gasteiger partial charge in [0.1, 0.15) is 6.54 Å². The van der Waals surface area contributed by atoms with Crippen molar-refractivity contribution in [3.8, 4) is 11.3 Å². The van der Waals surface area contributed by atoms with Gasteiger partial charge in [0.2, 0.25) is 0 Å². The second-order valence-electron chi connectivity index (χ2n) is 5.06. The van der Waals surface area contributed by atoms with Crippen LogP contribution in [-0.4, -0.2) is 32.3 Å². The number of hydrogen-bond donors (Lipinski definition) is 2. The van der Waals surface area contributed by atoms with Crippen molar-refractivity contribution in [2.75, 3.05) is 6.54 Å². The van der Waals surface area contributed by atoms with Crippen LogP contribution in [-0.2, 0) is 24.3 Å². The molecule has 0 saturated heterocycles. The third kappa shape index (κ3) is 2.56. The molecule has 1 aromatic heterocycles. The summed E-state index contributed by atoms with van der Waals surface area (Å²) in [4.78, 5) is 21.2. The highest BCUT2D eigenvalue weighted by Crippen LogP contribution is 2.29. The fraction of sp³-hybridized carbons (Fsp3) is 0.286. The van der Waals surface area contributed by atoms with E-state index >= 15 is 0 Å². The van der Waals surface area contributed by atoms with Crippen molar-refractivity contribution < 1.29 is 14.8 Å². The Hall–Kier alpha value is -2.74. The lowest BCUT2D eigenvalue weighted by atomic mass is 10.0. The average molecular weight is 302 g/mol. The van der Waals surface area contributed by atoms with Gasteiger partial charge in [0.25, 0.3) is 5.69 Å². The molecule has 0 fully saturated rings. The molecular weight excluding hydrogens is 288 g/mol. The molecule has 0 saturated carbocycles. The van der Waals surface area contributed by atoms with E-state index in [1.807, 2.05) is 0 Å². The molecule has 2 heterocycles. The standard InChI is InChI=1S/C14H14N4O4/c19-13(20)8-17-12-5-6-15-7-11(12)14(16-17)9-1-3-10(4-2-9)18(21)22/h1-4,15H,5-8H2,(H,19,20). The number of carboxylic acid groups (broad SMARTS) is 1. The molecule has 0 spiro atoms. The van der Waals surface area contributed by atoms with Crippen LogP contribution < -0.4 is 5.32 Å². The maximum Gasteiger partial charge on any atom is 0.325 e. The number of aliphatic carboxylic acids is 1. The summed E-state index contributed by atoms with van der Waals surface area (Å²) in [7, 11) is 0. The second kappa shape index (κ2) is 5.57. The lowest BCUT2D eigenvalue weighted by Crippen LogP contribution is -2.25. The molecule has 0 unspecified atom stereocenters. The number of fused-ring (bicyclic) bond motifs is 1. The number of carboxylic acids is 1. The van der Waals surface area contributed by atoms with Gasteiger partial charge in [-0.05, 0) is 12.1 Å². The van der Waals surface area contributed by atoms with Crippen LogP contribution in [0.2, 0.25) is 0 Å². The van der Waals surface area contributed by atoms with Gasteiger partial charge in [0.05, 0.1) is 10.6 Å². The summed E-state index contributed by atoms with van der Waals surface area (Å²) < 4.78 is 1.51. The maximum atomic E-state index is 11.0. The summed E-state index contributed by atoms with van der Waals surface area (Å²) in [5, 5.41) is 27.4. The van der Waals surface area contributed by atoms with E-state index in [9.17, 15) is 14.9 Å². The molecule has 114 valence electrons. The second-order valence-corrected chi connectivity index (χ2v) is 5.06. The smallest absolute Gasteiger partial charge is 0.325 e. The number of benzene rings is 1. The van der Waals surface area contributed by atoms with Gasteiger partial charge in [-0.1, -0.05) is 0 Å². The van der Waals surface area contributed by atoms with Crippen molar-refractivity contribution >= 4 is 11.7 Å². The molecule has 8 heteroatoms. The summed E-state index contributed by atoms with van der Waals surface area (Å²) in [6, 6.07) is 6.13. The van der Waals surface area contributed by atoms with Crippen LogP contribution in [0.15, 0.2) is 24.3 Å². The minimum Gasteiger partial charge on any atom is -0.480 e. The van der Waals surface area contributed by atoms with Crippen molar-refractivity contribution in [1.29, 1.82) is 0 Å². The van der Waals surface area contributed by atoms with Crippen LogP contribution in [0.1, 0.15) is 11.3 Å². The van der Waals surface area contributed by atoms with Gasteiger partial charge < -0.3 is 10.4 Å². The molecule has 8 nitrogen and oxygen atoms in total. The molecule has 0 bridgehead atoms. The van der Waals surface area contributed by atoms with Crippen LogP contribution in [0, 0.1) is 10.1 Å². The fourth-order valence-corrected chi connectivity index (χ4v) is 2.65. The number of aromatic nitrogens is 2. The van der Waals surface area contributed by atoms with E-state index in [0.717, 1.165) is 23.4 Å². The number of nitrogens with one attached hydrogen (secondary N) is 1. The van der Waals surface area contributed by atoms with Crippen LogP contribution in [0.25, 0.3) is 11.3 Å². The minimum absolute atomic E-state index is 0.0145. The lowest BCUT2D eigenvalue weighted by molar-refractivity contribution is -0.384. The number of nitrogens with zero attached hydrogens (tertiary/aromatic N) is 3. The highest BCUT2D eigenvalue weighted by Gasteiger charge is 2.22. The molecule has 0 radical (unpaired) electrons. The average Bonchev–Trinajstić information content (AvgIpc) is 2.86.